The van der Waals surface area contributed by atoms with E-state index in [9.17, 15) is 9.59 Å². The molecule has 2 heterocycles. The molecule has 0 aliphatic heterocycles. The molecular weight excluding hydrogens is 354 g/mol. The molecule has 0 fully saturated rings. The van der Waals surface area contributed by atoms with Gasteiger partial charge in [0.15, 0.2) is 0 Å². The average molecular weight is 375 g/mol. The highest BCUT2D eigenvalue weighted by molar-refractivity contribution is 6.01. The van der Waals surface area contributed by atoms with E-state index in [1.807, 2.05) is 48.5 Å². The zero-order valence-corrected chi connectivity index (χ0v) is 15.6. The largest absolute Gasteiger partial charge is 0.448 e. The van der Waals surface area contributed by atoms with E-state index in [2.05, 4.69) is 17.2 Å². The van der Waals surface area contributed by atoms with Gasteiger partial charge in [0.2, 0.25) is 11.5 Å². The van der Waals surface area contributed by atoms with Gasteiger partial charge in [0.05, 0.1) is 12.4 Å². The molecule has 1 N–H and O–H groups in total. The minimum Gasteiger partial charge on any atom is -0.448 e. The number of hydrogen-bond donors (Lipinski definition) is 1. The quantitative estimate of drug-likeness (QED) is 0.556. The lowest BCUT2D eigenvalue weighted by atomic mass is 10.0. The molecule has 0 aliphatic rings. The number of nitrogens with zero attached hydrogens (tertiary/aromatic N) is 2. The number of carbonyl (C=O) groups excluding carboxylic acids is 1. The molecule has 1 atom stereocenters. The highest BCUT2D eigenvalue weighted by atomic mass is 16.3. The van der Waals surface area contributed by atoms with Gasteiger partial charge < -0.3 is 9.73 Å². The maximum atomic E-state index is 12.8. The number of aromatic nitrogens is 2. The summed E-state index contributed by atoms with van der Waals surface area (Å²) in [5.74, 6) is -0.235. The summed E-state index contributed by atoms with van der Waals surface area (Å²) < 4.78 is 6.95. The highest BCUT2D eigenvalue weighted by Gasteiger charge is 2.17. The van der Waals surface area contributed by atoms with Crippen molar-refractivity contribution in [1.82, 2.24) is 14.9 Å². The van der Waals surface area contributed by atoms with Crippen LogP contribution in [0.25, 0.3) is 22.1 Å². The molecule has 2 aromatic heterocycles. The molecule has 0 saturated carbocycles. The fourth-order valence-electron chi connectivity index (χ4n) is 3.42. The van der Waals surface area contributed by atoms with Crippen molar-refractivity contribution in [1.29, 1.82) is 0 Å². The second-order valence-electron chi connectivity index (χ2n) is 6.77. The van der Waals surface area contributed by atoms with E-state index in [0.717, 1.165) is 23.8 Å². The van der Waals surface area contributed by atoms with Crippen LogP contribution in [0.3, 0.4) is 0 Å². The molecule has 4 rings (SSSR count). The Morgan fingerprint density at radius 3 is 2.68 bits per heavy atom. The summed E-state index contributed by atoms with van der Waals surface area (Å²) in [6.07, 6.45) is 3.17. The van der Waals surface area contributed by atoms with Crippen LogP contribution in [0.2, 0.25) is 0 Å². The Labute approximate surface area is 161 Å². The first kappa shape index (κ1) is 18.0. The molecule has 6 heteroatoms. The van der Waals surface area contributed by atoms with Crippen molar-refractivity contribution in [3.63, 3.8) is 0 Å². The summed E-state index contributed by atoms with van der Waals surface area (Å²) in [6.45, 7) is 1.97. The summed E-state index contributed by atoms with van der Waals surface area (Å²) in [6, 6.07) is 17.1. The van der Waals surface area contributed by atoms with Gasteiger partial charge in [-0.2, -0.15) is 0 Å². The third kappa shape index (κ3) is 3.41. The van der Waals surface area contributed by atoms with Crippen LogP contribution in [0.4, 0.5) is 0 Å². The number of rotatable bonds is 6. The number of hydrogen-bond acceptors (Lipinski definition) is 4. The highest BCUT2D eigenvalue weighted by Crippen LogP contribution is 2.24. The van der Waals surface area contributed by atoms with E-state index in [-0.39, 0.29) is 29.6 Å². The van der Waals surface area contributed by atoms with E-state index < -0.39 is 0 Å². The van der Waals surface area contributed by atoms with Crippen LogP contribution >= 0.6 is 0 Å². The Hall–Kier alpha value is -3.41. The number of furan rings is 1. The lowest BCUT2D eigenvalue weighted by Gasteiger charge is -2.19. The first-order valence-corrected chi connectivity index (χ1v) is 9.38. The molecule has 0 radical (unpaired) electrons. The zero-order valence-electron chi connectivity index (χ0n) is 15.6. The number of carbonyl (C=O) groups is 1. The van der Waals surface area contributed by atoms with Crippen molar-refractivity contribution in [3.05, 3.63) is 76.8 Å². The third-order valence-electron chi connectivity index (χ3n) is 4.78. The normalized spacial score (nSPS) is 12.3. The fourth-order valence-corrected chi connectivity index (χ4v) is 3.42. The number of para-hydroxylation sites is 1. The number of amides is 1. The predicted molar refractivity (Wildman–Crippen MR) is 108 cm³/mol. The van der Waals surface area contributed by atoms with Gasteiger partial charge in [-0.05, 0) is 24.1 Å². The summed E-state index contributed by atoms with van der Waals surface area (Å²) in [5, 5.41) is 3.82. The van der Waals surface area contributed by atoms with E-state index >= 15 is 0 Å². The lowest BCUT2D eigenvalue weighted by molar-refractivity contribution is -0.122. The molecule has 0 saturated heterocycles. The maximum Gasteiger partial charge on any atom is 0.297 e. The number of benzene rings is 2. The van der Waals surface area contributed by atoms with Gasteiger partial charge in [-0.25, -0.2) is 4.98 Å². The number of nitrogens with one attached hydrogen (secondary N) is 1. The van der Waals surface area contributed by atoms with Gasteiger partial charge >= 0.3 is 0 Å². The van der Waals surface area contributed by atoms with Gasteiger partial charge in [0, 0.05) is 5.39 Å². The van der Waals surface area contributed by atoms with E-state index in [4.69, 9.17) is 4.42 Å². The fraction of sp³-hybridized carbons (Fsp3) is 0.227. The summed E-state index contributed by atoms with van der Waals surface area (Å²) in [7, 11) is 0. The molecular formula is C22H21N3O3. The molecule has 0 aliphatic carbocycles. The van der Waals surface area contributed by atoms with Crippen molar-refractivity contribution in [2.24, 2.45) is 0 Å². The molecule has 2 aromatic carbocycles. The zero-order chi connectivity index (χ0) is 19.5. The van der Waals surface area contributed by atoms with Gasteiger partial charge in [-0.15, -0.1) is 0 Å². The Morgan fingerprint density at radius 2 is 1.89 bits per heavy atom. The topological polar surface area (TPSA) is 77.1 Å². The van der Waals surface area contributed by atoms with Crippen LogP contribution in [-0.2, 0) is 11.3 Å². The van der Waals surface area contributed by atoms with E-state index in [1.165, 1.54) is 10.9 Å². The smallest absolute Gasteiger partial charge is 0.297 e. The minimum absolute atomic E-state index is 0.0858. The molecule has 1 amide bonds. The standard InChI is InChI=1S/C22H21N3O3/c1-2-8-17(15-9-4-3-5-10-15)24-19(26)13-25-14-23-20-16-11-6-7-12-18(16)28-21(20)22(25)27/h3-7,9-12,14,17H,2,8,13H2,1H3,(H,24,26). The van der Waals surface area contributed by atoms with Gasteiger partial charge in [0.25, 0.3) is 5.56 Å². The Bertz CT molecular complexity index is 1180. The Balaban J connectivity index is 1.58. The SMILES string of the molecule is CCCC(NC(=O)Cn1cnc2c(oc3ccccc32)c1=O)c1ccccc1. The lowest BCUT2D eigenvalue weighted by Crippen LogP contribution is -2.34. The molecule has 0 bridgehead atoms. The third-order valence-corrected chi connectivity index (χ3v) is 4.78. The summed E-state index contributed by atoms with van der Waals surface area (Å²) in [5.41, 5.74) is 1.99. The average Bonchev–Trinajstić information content (AvgIpc) is 3.10. The van der Waals surface area contributed by atoms with Crippen LogP contribution in [0.15, 0.2) is 70.1 Å². The predicted octanol–water partition coefficient (Wildman–Crippen LogP) is 3.80. The van der Waals surface area contributed by atoms with Crippen LogP contribution in [0.5, 0.6) is 0 Å². The van der Waals surface area contributed by atoms with Gasteiger partial charge in [0.1, 0.15) is 17.6 Å². The van der Waals surface area contributed by atoms with Crippen molar-refractivity contribution in [2.75, 3.05) is 0 Å². The summed E-state index contributed by atoms with van der Waals surface area (Å²) >= 11 is 0. The van der Waals surface area contributed by atoms with Crippen molar-refractivity contribution >= 4 is 28.0 Å². The van der Waals surface area contributed by atoms with Gasteiger partial charge in [-0.1, -0.05) is 55.8 Å². The minimum atomic E-state index is -0.358. The van der Waals surface area contributed by atoms with Crippen molar-refractivity contribution < 1.29 is 9.21 Å². The Kier molecular flexibility index (Phi) is 4.93. The Morgan fingerprint density at radius 1 is 1.14 bits per heavy atom. The number of fused-ring (bicyclic) bond motifs is 3. The monoisotopic (exact) mass is 375 g/mol. The molecule has 1 unspecified atom stereocenters. The molecule has 0 spiro atoms. The van der Waals surface area contributed by atoms with Crippen LogP contribution in [-0.4, -0.2) is 15.5 Å². The summed E-state index contributed by atoms with van der Waals surface area (Å²) in [4.78, 5) is 29.7. The van der Waals surface area contributed by atoms with Crippen LogP contribution in [0.1, 0.15) is 31.4 Å². The molecule has 28 heavy (non-hydrogen) atoms. The van der Waals surface area contributed by atoms with Gasteiger partial charge in [-0.3, -0.25) is 14.2 Å². The molecule has 6 nitrogen and oxygen atoms in total. The first-order chi connectivity index (χ1) is 13.7. The first-order valence-electron chi connectivity index (χ1n) is 9.38. The second-order valence-corrected chi connectivity index (χ2v) is 6.77. The second kappa shape index (κ2) is 7.68. The van der Waals surface area contributed by atoms with Crippen LogP contribution in [0, 0.1) is 0 Å². The van der Waals surface area contributed by atoms with E-state index in [1.54, 1.807) is 6.07 Å². The molecule has 142 valence electrons. The maximum absolute atomic E-state index is 12.8. The van der Waals surface area contributed by atoms with Crippen LogP contribution < -0.4 is 10.9 Å². The van der Waals surface area contributed by atoms with Crippen molar-refractivity contribution in [3.8, 4) is 0 Å². The van der Waals surface area contributed by atoms with Crippen molar-refractivity contribution in [2.45, 2.75) is 32.4 Å². The molecule has 4 aromatic rings. The van der Waals surface area contributed by atoms with E-state index in [0.29, 0.717) is 11.1 Å².